The minimum Gasteiger partial charge on any atom is -0.365 e. The van der Waals surface area contributed by atoms with Gasteiger partial charge >= 0.3 is 0 Å². The van der Waals surface area contributed by atoms with Crippen molar-refractivity contribution in [3.8, 4) is 0 Å². The Labute approximate surface area is 101 Å². The fourth-order valence-electron chi connectivity index (χ4n) is 1.90. The smallest absolute Gasteiger partial charge is 0.124 e. The molecule has 0 saturated carbocycles. The Hall–Kier alpha value is -1.78. The SMILES string of the molecule is Cc1cc(NCc2ccnn2C(C)C)n(C)n1. The average Bonchev–Trinajstić information content (AvgIpc) is 2.82. The number of nitrogens with one attached hydrogen (secondary N) is 1. The second kappa shape index (κ2) is 4.61. The van der Waals surface area contributed by atoms with E-state index >= 15 is 0 Å². The molecule has 2 rings (SSSR count). The highest BCUT2D eigenvalue weighted by molar-refractivity contribution is 5.37. The van der Waals surface area contributed by atoms with Crippen molar-refractivity contribution < 1.29 is 0 Å². The topological polar surface area (TPSA) is 47.7 Å². The van der Waals surface area contributed by atoms with E-state index in [1.54, 1.807) is 0 Å². The van der Waals surface area contributed by atoms with Gasteiger partial charge in [0.05, 0.1) is 17.9 Å². The fourth-order valence-corrected chi connectivity index (χ4v) is 1.90. The zero-order valence-corrected chi connectivity index (χ0v) is 10.8. The summed E-state index contributed by atoms with van der Waals surface area (Å²) in [6.45, 7) is 7.01. The molecule has 0 aliphatic heterocycles. The standard InChI is InChI=1S/C12H19N5/c1-9(2)17-11(5-6-14-17)8-13-12-7-10(3)15-16(12)4/h5-7,9,13H,8H2,1-4H3. The lowest BCUT2D eigenvalue weighted by atomic mass is 10.3. The molecule has 0 amide bonds. The normalized spacial score (nSPS) is 11.1. The molecule has 17 heavy (non-hydrogen) atoms. The molecule has 0 aliphatic rings. The zero-order chi connectivity index (χ0) is 12.4. The third-order valence-electron chi connectivity index (χ3n) is 2.69. The van der Waals surface area contributed by atoms with E-state index in [4.69, 9.17) is 0 Å². The Kier molecular flexibility index (Phi) is 3.17. The van der Waals surface area contributed by atoms with Crippen molar-refractivity contribution in [2.45, 2.75) is 33.4 Å². The second-order valence-electron chi connectivity index (χ2n) is 4.51. The molecule has 0 aromatic carbocycles. The summed E-state index contributed by atoms with van der Waals surface area (Å²) in [6, 6.07) is 4.46. The minimum atomic E-state index is 0.384. The molecule has 5 heteroatoms. The van der Waals surface area contributed by atoms with Gasteiger partial charge in [0, 0.05) is 25.4 Å². The van der Waals surface area contributed by atoms with Crippen molar-refractivity contribution in [2.24, 2.45) is 7.05 Å². The van der Waals surface area contributed by atoms with Crippen LogP contribution in [-0.2, 0) is 13.6 Å². The van der Waals surface area contributed by atoms with Gasteiger partial charge in [0.15, 0.2) is 0 Å². The van der Waals surface area contributed by atoms with Crippen LogP contribution in [0.3, 0.4) is 0 Å². The number of hydrogen-bond acceptors (Lipinski definition) is 3. The average molecular weight is 233 g/mol. The van der Waals surface area contributed by atoms with Gasteiger partial charge in [-0.1, -0.05) is 0 Å². The molecule has 1 N–H and O–H groups in total. The molecule has 0 aliphatic carbocycles. The monoisotopic (exact) mass is 233 g/mol. The quantitative estimate of drug-likeness (QED) is 0.880. The summed E-state index contributed by atoms with van der Waals surface area (Å²) in [4.78, 5) is 0. The molecule has 92 valence electrons. The van der Waals surface area contributed by atoms with E-state index in [2.05, 4.69) is 29.4 Å². The molecule has 0 saturated heterocycles. The van der Waals surface area contributed by atoms with E-state index in [-0.39, 0.29) is 0 Å². The van der Waals surface area contributed by atoms with Gasteiger partial charge in [-0.2, -0.15) is 10.2 Å². The molecule has 0 spiro atoms. The molecule has 2 aromatic rings. The summed E-state index contributed by atoms with van der Waals surface area (Å²) in [5.41, 5.74) is 2.20. The Morgan fingerprint density at radius 1 is 1.41 bits per heavy atom. The number of aromatic nitrogens is 4. The van der Waals surface area contributed by atoms with Crippen LogP contribution in [0, 0.1) is 6.92 Å². The van der Waals surface area contributed by atoms with Gasteiger partial charge in [0.1, 0.15) is 5.82 Å². The number of nitrogens with zero attached hydrogens (tertiary/aromatic N) is 4. The molecule has 2 aromatic heterocycles. The first-order chi connectivity index (χ1) is 8.08. The van der Waals surface area contributed by atoms with Crippen LogP contribution in [0.1, 0.15) is 31.3 Å². The van der Waals surface area contributed by atoms with Gasteiger partial charge in [-0.15, -0.1) is 0 Å². The van der Waals surface area contributed by atoms with Gasteiger partial charge in [0.25, 0.3) is 0 Å². The summed E-state index contributed by atoms with van der Waals surface area (Å²) < 4.78 is 3.88. The molecule has 0 fully saturated rings. The van der Waals surface area contributed by atoms with Gasteiger partial charge in [-0.3, -0.25) is 9.36 Å². The van der Waals surface area contributed by atoms with Crippen molar-refractivity contribution >= 4 is 5.82 Å². The number of rotatable bonds is 4. The third kappa shape index (κ3) is 2.49. The van der Waals surface area contributed by atoms with Crippen molar-refractivity contribution in [3.05, 3.63) is 29.7 Å². The van der Waals surface area contributed by atoms with Crippen LogP contribution in [0.25, 0.3) is 0 Å². The summed E-state index contributed by atoms with van der Waals surface area (Å²) >= 11 is 0. The van der Waals surface area contributed by atoms with E-state index in [1.165, 1.54) is 5.69 Å². The van der Waals surface area contributed by atoms with Crippen LogP contribution in [0.15, 0.2) is 18.3 Å². The highest BCUT2D eigenvalue weighted by Crippen LogP contribution is 2.12. The summed E-state index contributed by atoms with van der Waals surface area (Å²) in [5.74, 6) is 1.03. The highest BCUT2D eigenvalue weighted by Gasteiger charge is 2.07. The first-order valence-corrected chi connectivity index (χ1v) is 5.85. The lowest BCUT2D eigenvalue weighted by Gasteiger charge is -2.12. The molecule has 5 nitrogen and oxygen atoms in total. The fraction of sp³-hybridized carbons (Fsp3) is 0.500. The molecule has 0 radical (unpaired) electrons. The van der Waals surface area contributed by atoms with E-state index in [0.29, 0.717) is 6.04 Å². The maximum absolute atomic E-state index is 4.31. The van der Waals surface area contributed by atoms with Gasteiger partial charge < -0.3 is 5.32 Å². The number of aryl methyl sites for hydroxylation is 2. The predicted molar refractivity (Wildman–Crippen MR) is 67.9 cm³/mol. The highest BCUT2D eigenvalue weighted by atomic mass is 15.3. The maximum Gasteiger partial charge on any atom is 0.124 e. The van der Waals surface area contributed by atoms with Gasteiger partial charge in [-0.25, -0.2) is 0 Å². The molecule has 0 unspecified atom stereocenters. The Balaban J connectivity index is 2.07. The van der Waals surface area contributed by atoms with Gasteiger partial charge in [0.2, 0.25) is 0 Å². The summed E-state index contributed by atoms with van der Waals surface area (Å²) in [7, 11) is 1.94. The van der Waals surface area contributed by atoms with Crippen LogP contribution in [0.5, 0.6) is 0 Å². The largest absolute Gasteiger partial charge is 0.365 e. The first kappa shape index (κ1) is 11.7. The van der Waals surface area contributed by atoms with Crippen molar-refractivity contribution in [1.82, 2.24) is 19.6 Å². The van der Waals surface area contributed by atoms with Crippen LogP contribution < -0.4 is 5.32 Å². The van der Waals surface area contributed by atoms with Crippen molar-refractivity contribution in [3.63, 3.8) is 0 Å². The maximum atomic E-state index is 4.31. The minimum absolute atomic E-state index is 0.384. The lowest BCUT2D eigenvalue weighted by Crippen LogP contribution is -2.12. The van der Waals surface area contributed by atoms with E-state index in [9.17, 15) is 0 Å². The van der Waals surface area contributed by atoms with E-state index < -0.39 is 0 Å². The molecule has 2 heterocycles. The second-order valence-corrected chi connectivity index (χ2v) is 4.51. The molecule has 0 bridgehead atoms. The van der Waals surface area contributed by atoms with Crippen molar-refractivity contribution in [2.75, 3.05) is 5.32 Å². The number of anilines is 1. The molecular weight excluding hydrogens is 214 g/mol. The first-order valence-electron chi connectivity index (χ1n) is 5.85. The molecular formula is C12H19N5. The summed E-state index contributed by atoms with van der Waals surface area (Å²) in [6.07, 6.45) is 1.84. The molecule has 0 atom stereocenters. The third-order valence-corrected chi connectivity index (χ3v) is 2.69. The van der Waals surface area contributed by atoms with Crippen LogP contribution in [-0.4, -0.2) is 19.6 Å². The van der Waals surface area contributed by atoms with Crippen LogP contribution >= 0.6 is 0 Å². The zero-order valence-electron chi connectivity index (χ0n) is 10.8. The van der Waals surface area contributed by atoms with E-state index in [1.807, 2.05) is 41.7 Å². The predicted octanol–water partition coefficient (Wildman–Crippen LogP) is 2.12. The Morgan fingerprint density at radius 2 is 2.18 bits per heavy atom. The van der Waals surface area contributed by atoms with Gasteiger partial charge in [-0.05, 0) is 26.8 Å². The Bertz CT molecular complexity index is 495. The van der Waals surface area contributed by atoms with E-state index in [0.717, 1.165) is 18.1 Å². The lowest BCUT2D eigenvalue weighted by molar-refractivity contribution is 0.512. The van der Waals surface area contributed by atoms with Crippen LogP contribution in [0.2, 0.25) is 0 Å². The van der Waals surface area contributed by atoms with Crippen molar-refractivity contribution in [1.29, 1.82) is 0 Å². The van der Waals surface area contributed by atoms with Crippen LogP contribution in [0.4, 0.5) is 5.82 Å². The number of hydrogen-bond donors (Lipinski definition) is 1. The Morgan fingerprint density at radius 3 is 2.76 bits per heavy atom. The summed E-state index contributed by atoms with van der Waals surface area (Å²) in [5, 5.41) is 12.0.